The second-order valence-corrected chi connectivity index (χ2v) is 9.32. The third-order valence-corrected chi connectivity index (χ3v) is 5.03. The Morgan fingerprint density at radius 1 is 0.833 bits per heavy atom. The minimum absolute atomic E-state index is 0.0788. The van der Waals surface area contributed by atoms with Gasteiger partial charge in [0.05, 0.1) is 6.04 Å². The van der Waals surface area contributed by atoms with Gasteiger partial charge in [-0.25, -0.2) is 4.79 Å². The molecule has 4 atom stereocenters. The van der Waals surface area contributed by atoms with Gasteiger partial charge in [0.15, 0.2) is 0 Å². The van der Waals surface area contributed by atoms with Crippen molar-refractivity contribution >= 4 is 35.5 Å². The number of rotatable bonds is 14. The lowest BCUT2D eigenvalue weighted by molar-refractivity contribution is -0.143. The molecular formula is C20H38N4O5S. The highest BCUT2D eigenvalue weighted by Gasteiger charge is 2.29. The summed E-state index contributed by atoms with van der Waals surface area (Å²) in [6, 6.07) is -3.53. The molecule has 0 aliphatic rings. The Morgan fingerprint density at radius 2 is 1.33 bits per heavy atom. The maximum absolute atomic E-state index is 12.7. The lowest BCUT2D eigenvalue weighted by Crippen LogP contribution is -2.56. The van der Waals surface area contributed by atoms with Crippen molar-refractivity contribution in [3.05, 3.63) is 0 Å². The molecule has 174 valence electrons. The van der Waals surface area contributed by atoms with Gasteiger partial charge in [-0.05, 0) is 50.0 Å². The van der Waals surface area contributed by atoms with Gasteiger partial charge in [0, 0.05) is 0 Å². The van der Waals surface area contributed by atoms with E-state index in [1.54, 1.807) is 11.8 Å². The molecule has 0 aliphatic heterocycles. The van der Waals surface area contributed by atoms with Crippen molar-refractivity contribution in [2.75, 3.05) is 12.0 Å². The van der Waals surface area contributed by atoms with Crippen LogP contribution < -0.4 is 21.7 Å². The Hall–Kier alpha value is -1.81. The summed E-state index contributed by atoms with van der Waals surface area (Å²) in [5.41, 5.74) is 5.81. The normalized spacial score (nSPS) is 15.2. The Labute approximate surface area is 183 Å². The van der Waals surface area contributed by atoms with Crippen LogP contribution in [0.15, 0.2) is 0 Å². The van der Waals surface area contributed by atoms with Crippen molar-refractivity contribution in [3.63, 3.8) is 0 Å². The van der Waals surface area contributed by atoms with E-state index in [0.717, 1.165) is 5.75 Å². The van der Waals surface area contributed by atoms with E-state index in [0.29, 0.717) is 12.8 Å². The maximum atomic E-state index is 12.7. The van der Waals surface area contributed by atoms with Crippen LogP contribution in [-0.4, -0.2) is 65.0 Å². The van der Waals surface area contributed by atoms with E-state index in [-0.39, 0.29) is 18.3 Å². The van der Waals surface area contributed by atoms with Crippen LogP contribution in [0.2, 0.25) is 0 Å². The van der Waals surface area contributed by atoms with Crippen LogP contribution in [0.5, 0.6) is 0 Å². The van der Waals surface area contributed by atoms with E-state index in [2.05, 4.69) is 16.0 Å². The molecule has 0 spiro atoms. The SMILES string of the molecule is CSCCC(N)C(=O)NC(C)C(=O)NC(CC(C)C)C(=O)NC(CC(C)C)C(=O)O. The summed E-state index contributed by atoms with van der Waals surface area (Å²) in [4.78, 5) is 48.8. The molecule has 3 amide bonds. The van der Waals surface area contributed by atoms with Crippen LogP contribution in [-0.2, 0) is 19.2 Å². The molecule has 0 aliphatic carbocycles. The van der Waals surface area contributed by atoms with Gasteiger partial charge in [0.25, 0.3) is 0 Å². The summed E-state index contributed by atoms with van der Waals surface area (Å²) >= 11 is 1.57. The number of thioether (sulfide) groups is 1. The predicted octanol–water partition coefficient (Wildman–Crippen LogP) is 0.718. The minimum Gasteiger partial charge on any atom is -0.480 e. The molecule has 0 fully saturated rings. The van der Waals surface area contributed by atoms with Gasteiger partial charge in [-0.3, -0.25) is 14.4 Å². The van der Waals surface area contributed by atoms with E-state index < -0.39 is 47.9 Å². The Morgan fingerprint density at radius 3 is 1.80 bits per heavy atom. The molecule has 6 N–H and O–H groups in total. The van der Waals surface area contributed by atoms with Crippen molar-refractivity contribution in [1.29, 1.82) is 0 Å². The van der Waals surface area contributed by atoms with Crippen LogP contribution in [0, 0.1) is 11.8 Å². The average molecular weight is 447 g/mol. The Kier molecular flexibility index (Phi) is 13.4. The molecule has 0 rings (SSSR count). The van der Waals surface area contributed by atoms with Crippen LogP contribution in [0.3, 0.4) is 0 Å². The number of nitrogens with two attached hydrogens (primary N) is 1. The molecule has 0 bridgehead atoms. The summed E-state index contributed by atoms with van der Waals surface area (Å²) in [5.74, 6) is -1.75. The Bertz CT molecular complexity index is 586. The highest BCUT2D eigenvalue weighted by atomic mass is 32.2. The van der Waals surface area contributed by atoms with Crippen LogP contribution in [0.25, 0.3) is 0 Å². The van der Waals surface area contributed by atoms with Gasteiger partial charge in [-0.15, -0.1) is 0 Å². The topological polar surface area (TPSA) is 151 Å². The smallest absolute Gasteiger partial charge is 0.326 e. The van der Waals surface area contributed by atoms with E-state index in [9.17, 15) is 24.3 Å². The van der Waals surface area contributed by atoms with Gasteiger partial charge in [0.2, 0.25) is 17.7 Å². The molecule has 9 nitrogen and oxygen atoms in total. The fourth-order valence-electron chi connectivity index (χ4n) is 2.73. The van der Waals surface area contributed by atoms with Gasteiger partial charge in [-0.2, -0.15) is 11.8 Å². The lowest BCUT2D eigenvalue weighted by Gasteiger charge is -2.25. The molecular weight excluding hydrogens is 408 g/mol. The standard InChI is InChI=1S/C20H38N4O5S/c1-11(2)9-15(19(27)24-16(20(28)29)10-12(3)4)23-17(25)13(5)22-18(26)14(21)7-8-30-6/h11-16H,7-10,21H2,1-6H3,(H,22,26)(H,23,25)(H,24,27)(H,28,29). The zero-order chi connectivity index (χ0) is 23.4. The van der Waals surface area contributed by atoms with Crippen molar-refractivity contribution in [2.45, 2.75) is 78.0 Å². The second kappa shape index (κ2) is 14.2. The zero-order valence-electron chi connectivity index (χ0n) is 18.9. The minimum atomic E-state index is -1.12. The molecule has 0 radical (unpaired) electrons. The van der Waals surface area contributed by atoms with Gasteiger partial charge in [-0.1, -0.05) is 27.7 Å². The predicted molar refractivity (Wildman–Crippen MR) is 119 cm³/mol. The van der Waals surface area contributed by atoms with Crippen molar-refractivity contribution in [2.24, 2.45) is 17.6 Å². The number of amides is 3. The van der Waals surface area contributed by atoms with E-state index in [4.69, 9.17) is 5.73 Å². The number of carboxylic acid groups (broad SMARTS) is 1. The van der Waals surface area contributed by atoms with Gasteiger partial charge in [0.1, 0.15) is 18.1 Å². The fraction of sp³-hybridized carbons (Fsp3) is 0.800. The van der Waals surface area contributed by atoms with Crippen molar-refractivity contribution in [1.82, 2.24) is 16.0 Å². The first-order valence-electron chi connectivity index (χ1n) is 10.3. The summed E-state index contributed by atoms with van der Waals surface area (Å²) in [5, 5.41) is 17.1. The summed E-state index contributed by atoms with van der Waals surface area (Å²) in [7, 11) is 0. The summed E-state index contributed by atoms with van der Waals surface area (Å²) < 4.78 is 0. The number of nitrogens with one attached hydrogen (secondary N) is 3. The highest BCUT2D eigenvalue weighted by molar-refractivity contribution is 7.98. The molecule has 10 heteroatoms. The molecule has 4 unspecified atom stereocenters. The fourth-order valence-corrected chi connectivity index (χ4v) is 3.22. The first-order chi connectivity index (χ1) is 13.9. The van der Waals surface area contributed by atoms with Crippen LogP contribution >= 0.6 is 11.8 Å². The first kappa shape index (κ1) is 28.2. The first-order valence-corrected chi connectivity index (χ1v) is 11.7. The van der Waals surface area contributed by atoms with Crippen molar-refractivity contribution < 1.29 is 24.3 Å². The van der Waals surface area contributed by atoms with Gasteiger partial charge >= 0.3 is 5.97 Å². The average Bonchev–Trinajstić information content (AvgIpc) is 2.63. The summed E-state index contributed by atoms with van der Waals surface area (Å²) in [6.07, 6.45) is 3.02. The zero-order valence-corrected chi connectivity index (χ0v) is 19.7. The lowest BCUT2D eigenvalue weighted by atomic mass is 10.0. The number of hydrogen-bond acceptors (Lipinski definition) is 6. The van der Waals surface area contributed by atoms with Crippen molar-refractivity contribution in [3.8, 4) is 0 Å². The third-order valence-electron chi connectivity index (χ3n) is 4.38. The summed E-state index contributed by atoms with van der Waals surface area (Å²) in [6.45, 7) is 9.03. The number of carbonyl (C=O) groups is 4. The largest absolute Gasteiger partial charge is 0.480 e. The maximum Gasteiger partial charge on any atom is 0.326 e. The van der Waals surface area contributed by atoms with Crippen LogP contribution in [0.4, 0.5) is 0 Å². The molecule has 0 aromatic carbocycles. The van der Waals surface area contributed by atoms with Crippen LogP contribution in [0.1, 0.15) is 53.9 Å². The van der Waals surface area contributed by atoms with E-state index >= 15 is 0 Å². The molecule has 0 heterocycles. The van der Waals surface area contributed by atoms with E-state index in [1.807, 2.05) is 34.0 Å². The number of hydrogen-bond donors (Lipinski definition) is 5. The molecule has 0 saturated heterocycles. The quantitative estimate of drug-likeness (QED) is 0.264. The van der Waals surface area contributed by atoms with Gasteiger partial charge < -0.3 is 26.8 Å². The Balaban J connectivity index is 5.05. The molecule has 0 aromatic heterocycles. The molecule has 0 aromatic rings. The number of carboxylic acids is 1. The molecule has 0 saturated carbocycles. The monoisotopic (exact) mass is 446 g/mol. The highest BCUT2D eigenvalue weighted by Crippen LogP contribution is 2.09. The van der Waals surface area contributed by atoms with E-state index in [1.165, 1.54) is 6.92 Å². The second-order valence-electron chi connectivity index (χ2n) is 8.34. The number of aliphatic carboxylic acids is 1. The third kappa shape index (κ3) is 11.4. The number of carbonyl (C=O) groups excluding carboxylic acids is 3. The molecule has 30 heavy (non-hydrogen) atoms.